The Bertz CT molecular complexity index is 353. The van der Waals surface area contributed by atoms with Gasteiger partial charge in [-0.3, -0.25) is 4.55 Å². The zero-order chi connectivity index (χ0) is 16.5. The number of hydrogen-bond acceptors (Lipinski definition) is 2. The summed E-state index contributed by atoms with van der Waals surface area (Å²) in [5.41, 5.74) is 0. The van der Waals surface area contributed by atoms with Crippen LogP contribution in [0.5, 0.6) is 0 Å². The molecule has 5 heteroatoms. The van der Waals surface area contributed by atoms with Crippen molar-refractivity contribution < 1.29 is 13.0 Å². The minimum atomic E-state index is -3.92. The molecule has 0 amide bonds. The molecule has 0 aromatic rings. The van der Waals surface area contributed by atoms with Crippen molar-refractivity contribution in [3.63, 3.8) is 0 Å². The van der Waals surface area contributed by atoms with Gasteiger partial charge in [0.2, 0.25) is 0 Å². The van der Waals surface area contributed by atoms with E-state index < -0.39 is 10.1 Å². The van der Waals surface area contributed by atoms with E-state index in [1.165, 1.54) is 83.1 Å². The molecule has 0 aliphatic heterocycles. The van der Waals surface area contributed by atoms with Gasteiger partial charge in [-0.2, -0.15) is 8.42 Å². The van der Waals surface area contributed by atoms with Crippen LogP contribution in [-0.4, -0.2) is 31.8 Å². The number of allylic oxidation sites excluding steroid dienone is 1. The first-order chi connectivity index (χ1) is 10.6. The molecule has 0 aliphatic rings. The molecule has 3 nitrogen and oxygen atoms in total. The van der Waals surface area contributed by atoms with Crippen molar-refractivity contribution in [1.82, 2.24) is 0 Å². The Balaban J connectivity index is 0. The van der Waals surface area contributed by atoms with Crippen molar-refractivity contribution in [2.24, 2.45) is 0 Å². The first-order valence-electron chi connectivity index (χ1n) is 9.20. The Labute approximate surface area is 156 Å². The summed E-state index contributed by atoms with van der Waals surface area (Å²) in [6, 6.07) is 0. The second-order valence-corrected chi connectivity index (χ2v) is 7.57. The van der Waals surface area contributed by atoms with E-state index in [0.717, 1.165) is 24.7 Å². The Morgan fingerprint density at radius 1 is 0.696 bits per heavy atom. The molecular formula is C18H37LiO3S. The standard InChI is InChI=1S/C18H36O3S.Li.H/c1-2-3-4-5-6-7-8-9-10-11-12-13-14-15-16-17-18-22(19,20)21;;/h17-18H,2-16H2,1H3,(H,19,20,21);;. The molecule has 0 radical (unpaired) electrons. The fraction of sp³-hybridized carbons (Fsp3) is 0.889. The van der Waals surface area contributed by atoms with Gasteiger partial charge in [-0.15, -0.1) is 0 Å². The molecule has 0 bridgehead atoms. The van der Waals surface area contributed by atoms with Crippen LogP contribution in [0.4, 0.5) is 0 Å². The molecule has 134 valence electrons. The van der Waals surface area contributed by atoms with Gasteiger partial charge in [-0.05, 0) is 12.8 Å². The number of unbranched alkanes of at least 4 members (excludes halogenated alkanes) is 14. The predicted molar refractivity (Wildman–Crippen MR) is 103 cm³/mol. The summed E-state index contributed by atoms with van der Waals surface area (Å²) in [6.45, 7) is 2.26. The van der Waals surface area contributed by atoms with Crippen molar-refractivity contribution in [2.75, 3.05) is 0 Å². The van der Waals surface area contributed by atoms with Gasteiger partial charge in [0.1, 0.15) is 0 Å². The fourth-order valence-electron chi connectivity index (χ4n) is 2.65. The summed E-state index contributed by atoms with van der Waals surface area (Å²) >= 11 is 0. The summed E-state index contributed by atoms with van der Waals surface area (Å²) in [4.78, 5) is 0. The summed E-state index contributed by atoms with van der Waals surface area (Å²) in [5, 5.41) is 0.884. The van der Waals surface area contributed by atoms with Gasteiger partial charge in [-0.25, -0.2) is 0 Å². The average molecular weight is 340 g/mol. The Hall–Kier alpha value is 0.247. The van der Waals surface area contributed by atoms with Crippen molar-refractivity contribution >= 4 is 29.0 Å². The maximum absolute atomic E-state index is 10.4. The van der Waals surface area contributed by atoms with Gasteiger partial charge in [0.25, 0.3) is 10.1 Å². The summed E-state index contributed by atoms with van der Waals surface area (Å²) in [5.74, 6) is 0. The third-order valence-electron chi connectivity index (χ3n) is 3.99. The van der Waals surface area contributed by atoms with Crippen LogP contribution < -0.4 is 0 Å². The van der Waals surface area contributed by atoms with Crippen molar-refractivity contribution in [1.29, 1.82) is 0 Å². The molecule has 0 fully saturated rings. The summed E-state index contributed by atoms with van der Waals surface area (Å²) in [6.07, 6.45) is 20.8. The minimum absolute atomic E-state index is 0. The van der Waals surface area contributed by atoms with Crippen LogP contribution in [0.2, 0.25) is 0 Å². The second-order valence-electron chi connectivity index (χ2n) is 6.27. The first-order valence-corrected chi connectivity index (χ1v) is 10.7. The molecule has 0 aromatic heterocycles. The molecule has 0 saturated carbocycles. The normalized spacial score (nSPS) is 11.7. The van der Waals surface area contributed by atoms with Crippen molar-refractivity contribution in [2.45, 2.75) is 103 Å². The second kappa shape index (κ2) is 18.6. The van der Waals surface area contributed by atoms with Gasteiger partial charge in [-0.1, -0.05) is 96.5 Å². The molecular weight excluding hydrogens is 303 g/mol. The SMILES string of the molecule is CCCCCCCCCCCCCCCCC=CS(=O)(=O)O.[LiH]. The molecule has 0 unspecified atom stereocenters. The molecule has 0 spiro atoms. The van der Waals surface area contributed by atoms with E-state index in [1.54, 1.807) is 0 Å². The summed E-state index contributed by atoms with van der Waals surface area (Å²) in [7, 11) is -3.92. The van der Waals surface area contributed by atoms with E-state index >= 15 is 0 Å². The maximum atomic E-state index is 10.4. The third kappa shape index (κ3) is 24.6. The van der Waals surface area contributed by atoms with Crippen LogP contribution in [0.15, 0.2) is 11.5 Å². The molecule has 0 aliphatic carbocycles. The van der Waals surface area contributed by atoms with Crippen LogP contribution in [-0.2, 0) is 10.1 Å². The number of rotatable bonds is 16. The molecule has 0 atom stereocenters. The molecule has 23 heavy (non-hydrogen) atoms. The van der Waals surface area contributed by atoms with Crippen LogP contribution in [0.25, 0.3) is 0 Å². The van der Waals surface area contributed by atoms with E-state index in [-0.39, 0.29) is 18.9 Å². The molecule has 0 heterocycles. The molecule has 0 rings (SSSR count). The van der Waals surface area contributed by atoms with E-state index in [0.29, 0.717) is 0 Å². The Kier molecular flexibility index (Phi) is 20.6. The monoisotopic (exact) mass is 340 g/mol. The quantitative estimate of drug-likeness (QED) is 0.226. The van der Waals surface area contributed by atoms with Crippen LogP contribution >= 0.6 is 0 Å². The van der Waals surface area contributed by atoms with Crippen LogP contribution in [0, 0.1) is 0 Å². The van der Waals surface area contributed by atoms with E-state index in [2.05, 4.69) is 6.92 Å². The number of hydrogen-bond donors (Lipinski definition) is 1. The zero-order valence-corrected chi connectivity index (χ0v) is 15.2. The van der Waals surface area contributed by atoms with Crippen molar-refractivity contribution in [3.8, 4) is 0 Å². The molecule has 0 aromatic carbocycles. The van der Waals surface area contributed by atoms with Gasteiger partial charge in [0.05, 0.1) is 5.41 Å². The fourth-order valence-corrected chi connectivity index (χ4v) is 3.03. The van der Waals surface area contributed by atoms with Gasteiger partial charge in [0, 0.05) is 0 Å². The predicted octanol–water partition coefficient (Wildman–Crippen LogP) is 5.61. The van der Waals surface area contributed by atoms with E-state index in [4.69, 9.17) is 4.55 Å². The first kappa shape index (κ1) is 25.5. The molecule has 1 N–H and O–H groups in total. The third-order valence-corrected chi connectivity index (χ3v) is 4.53. The van der Waals surface area contributed by atoms with Gasteiger partial charge < -0.3 is 0 Å². The zero-order valence-electron chi connectivity index (χ0n) is 14.4. The van der Waals surface area contributed by atoms with Crippen LogP contribution in [0.3, 0.4) is 0 Å². The Morgan fingerprint density at radius 2 is 1.04 bits per heavy atom. The van der Waals surface area contributed by atoms with E-state index in [1.807, 2.05) is 0 Å². The molecule has 0 saturated heterocycles. The van der Waals surface area contributed by atoms with E-state index in [9.17, 15) is 8.42 Å². The Morgan fingerprint density at radius 3 is 1.39 bits per heavy atom. The van der Waals surface area contributed by atoms with Crippen molar-refractivity contribution in [3.05, 3.63) is 11.5 Å². The average Bonchev–Trinajstić information content (AvgIpc) is 2.45. The van der Waals surface area contributed by atoms with Gasteiger partial charge >= 0.3 is 18.9 Å². The topological polar surface area (TPSA) is 54.4 Å². The summed E-state index contributed by atoms with van der Waals surface area (Å²) < 4.78 is 29.4. The van der Waals surface area contributed by atoms with Gasteiger partial charge in [0.15, 0.2) is 0 Å². The van der Waals surface area contributed by atoms with Crippen LogP contribution in [0.1, 0.15) is 103 Å².